The van der Waals surface area contributed by atoms with Crippen molar-refractivity contribution in [2.24, 2.45) is 0 Å². The highest BCUT2D eigenvalue weighted by atomic mass is 35.5. The molecular weight excluding hydrogens is 304 g/mol. The van der Waals surface area contributed by atoms with Crippen LogP contribution in [0.25, 0.3) is 5.78 Å². The predicted octanol–water partition coefficient (Wildman–Crippen LogP) is 3.62. The Kier molecular flexibility index (Phi) is 3.19. The van der Waals surface area contributed by atoms with E-state index in [-0.39, 0.29) is 5.02 Å². The van der Waals surface area contributed by atoms with Gasteiger partial charge in [-0.2, -0.15) is 19.6 Å². The Hall–Kier alpha value is -1.92. The molecule has 0 aliphatic heterocycles. The number of nitrogens with zero attached hydrogens (tertiary/aromatic N) is 4. The van der Waals surface area contributed by atoms with Gasteiger partial charge in [0.05, 0.1) is 5.02 Å². The van der Waals surface area contributed by atoms with Gasteiger partial charge in [0, 0.05) is 11.3 Å². The highest BCUT2D eigenvalue weighted by molar-refractivity contribution is 6.31. The van der Waals surface area contributed by atoms with Gasteiger partial charge in [0.15, 0.2) is 0 Å². The Morgan fingerprint density at radius 2 is 2.10 bits per heavy atom. The summed E-state index contributed by atoms with van der Waals surface area (Å²) in [6.45, 7) is 1.80. The van der Waals surface area contributed by atoms with Crippen LogP contribution < -0.4 is 5.32 Å². The van der Waals surface area contributed by atoms with E-state index in [1.807, 2.05) is 0 Å². The second-order valence-corrected chi connectivity index (χ2v) is 4.87. The third kappa shape index (κ3) is 2.17. The fourth-order valence-corrected chi connectivity index (χ4v) is 2.10. The summed E-state index contributed by atoms with van der Waals surface area (Å²) in [4.78, 5) is 8.08. The Bertz CT molecular complexity index is 802. The third-order valence-corrected chi connectivity index (χ3v) is 3.44. The normalized spacial score (nSPS) is 11.0. The van der Waals surface area contributed by atoms with Gasteiger partial charge in [0.1, 0.15) is 23.1 Å². The molecule has 5 nitrogen and oxygen atoms in total. The van der Waals surface area contributed by atoms with Crippen LogP contribution in [-0.2, 0) is 0 Å². The van der Waals surface area contributed by atoms with Gasteiger partial charge in [0.2, 0.25) is 0 Å². The molecule has 0 amide bonds. The number of fused-ring (bicyclic) bond motifs is 1. The van der Waals surface area contributed by atoms with Gasteiger partial charge >= 0.3 is 0 Å². The van der Waals surface area contributed by atoms with Crippen molar-refractivity contribution >= 4 is 40.5 Å². The molecule has 1 N–H and O–H groups in total. The molecule has 0 atom stereocenters. The SMILES string of the molecule is Cc1c(Cl)nc2ncnn2c1Nc1ccc(F)c(Cl)c1. The van der Waals surface area contributed by atoms with E-state index < -0.39 is 5.82 Å². The van der Waals surface area contributed by atoms with Crippen LogP contribution in [0.3, 0.4) is 0 Å². The minimum absolute atomic E-state index is 0.0302. The molecule has 0 saturated heterocycles. The fraction of sp³-hybridized carbons (Fsp3) is 0.0833. The standard InChI is InChI=1S/C12H8Cl2FN5/c1-6-10(14)19-12-16-5-17-20(12)11(6)18-7-2-3-9(15)8(13)4-7/h2-5,18H,1H3. The number of halogens is 3. The molecule has 2 heterocycles. The van der Waals surface area contributed by atoms with E-state index in [2.05, 4.69) is 20.4 Å². The van der Waals surface area contributed by atoms with Gasteiger partial charge in [-0.15, -0.1) is 0 Å². The van der Waals surface area contributed by atoms with E-state index >= 15 is 0 Å². The molecule has 8 heteroatoms. The molecule has 3 rings (SSSR count). The third-order valence-electron chi connectivity index (χ3n) is 2.79. The largest absolute Gasteiger partial charge is 0.340 e. The highest BCUT2D eigenvalue weighted by Crippen LogP contribution is 2.27. The zero-order chi connectivity index (χ0) is 14.3. The smallest absolute Gasteiger partial charge is 0.255 e. The lowest BCUT2D eigenvalue weighted by Gasteiger charge is -2.12. The molecule has 0 aliphatic carbocycles. The first kappa shape index (κ1) is 13.1. The Balaban J connectivity index is 2.11. The summed E-state index contributed by atoms with van der Waals surface area (Å²) in [5.41, 5.74) is 1.31. The Morgan fingerprint density at radius 3 is 2.85 bits per heavy atom. The first-order valence-electron chi connectivity index (χ1n) is 5.64. The van der Waals surface area contributed by atoms with Crippen LogP contribution in [-0.4, -0.2) is 19.6 Å². The van der Waals surface area contributed by atoms with Gasteiger partial charge in [-0.3, -0.25) is 0 Å². The van der Waals surface area contributed by atoms with Crippen LogP contribution in [0.2, 0.25) is 10.2 Å². The van der Waals surface area contributed by atoms with Gasteiger partial charge in [-0.1, -0.05) is 23.2 Å². The van der Waals surface area contributed by atoms with Gasteiger partial charge < -0.3 is 5.32 Å². The summed E-state index contributed by atoms with van der Waals surface area (Å²) in [7, 11) is 0. The number of benzene rings is 1. The first-order chi connectivity index (χ1) is 9.56. The molecule has 0 fully saturated rings. The minimum atomic E-state index is -0.479. The van der Waals surface area contributed by atoms with Crippen molar-refractivity contribution in [3.8, 4) is 0 Å². The Labute approximate surface area is 123 Å². The maximum absolute atomic E-state index is 13.2. The van der Waals surface area contributed by atoms with E-state index in [4.69, 9.17) is 23.2 Å². The molecule has 3 aromatic rings. The fourth-order valence-electron chi connectivity index (χ4n) is 1.75. The van der Waals surface area contributed by atoms with E-state index in [1.54, 1.807) is 13.0 Å². The van der Waals surface area contributed by atoms with Crippen LogP contribution in [0.5, 0.6) is 0 Å². The molecule has 1 aromatic carbocycles. The van der Waals surface area contributed by atoms with E-state index in [9.17, 15) is 4.39 Å². The van der Waals surface area contributed by atoms with E-state index in [0.29, 0.717) is 28.0 Å². The Morgan fingerprint density at radius 1 is 1.30 bits per heavy atom. The summed E-state index contributed by atoms with van der Waals surface area (Å²) >= 11 is 11.8. The molecule has 0 bridgehead atoms. The lowest BCUT2D eigenvalue weighted by atomic mass is 10.3. The number of aromatic nitrogens is 4. The molecular formula is C12H8Cl2FN5. The van der Waals surface area contributed by atoms with Crippen LogP contribution in [0.15, 0.2) is 24.5 Å². The zero-order valence-corrected chi connectivity index (χ0v) is 11.7. The number of rotatable bonds is 2. The summed E-state index contributed by atoms with van der Waals surface area (Å²) in [5.74, 6) is 0.490. The van der Waals surface area contributed by atoms with Crippen molar-refractivity contribution in [3.63, 3.8) is 0 Å². The number of anilines is 2. The quantitative estimate of drug-likeness (QED) is 0.734. The summed E-state index contributed by atoms with van der Waals surface area (Å²) in [6, 6.07) is 4.33. The number of hydrogen-bond acceptors (Lipinski definition) is 4. The van der Waals surface area contributed by atoms with Crippen LogP contribution in [0, 0.1) is 12.7 Å². The number of nitrogens with one attached hydrogen (secondary N) is 1. The molecule has 102 valence electrons. The average Bonchev–Trinajstić information content (AvgIpc) is 2.87. The molecule has 0 saturated carbocycles. The van der Waals surface area contributed by atoms with Crippen molar-refractivity contribution in [1.82, 2.24) is 19.6 Å². The molecule has 0 unspecified atom stereocenters. The van der Waals surface area contributed by atoms with E-state index in [0.717, 1.165) is 0 Å². The van der Waals surface area contributed by atoms with Gasteiger partial charge in [-0.05, 0) is 25.1 Å². The lowest BCUT2D eigenvalue weighted by Crippen LogP contribution is -2.05. The van der Waals surface area contributed by atoms with Crippen molar-refractivity contribution in [2.75, 3.05) is 5.32 Å². The average molecular weight is 312 g/mol. The monoisotopic (exact) mass is 311 g/mol. The van der Waals surface area contributed by atoms with Crippen molar-refractivity contribution in [1.29, 1.82) is 0 Å². The summed E-state index contributed by atoms with van der Waals surface area (Å²) < 4.78 is 14.7. The molecule has 0 aliphatic rings. The first-order valence-corrected chi connectivity index (χ1v) is 6.40. The highest BCUT2D eigenvalue weighted by Gasteiger charge is 2.13. The van der Waals surface area contributed by atoms with Crippen molar-refractivity contribution in [2.45, 2.75) is 6.92 Å². The maximum atomic E-state index is 13.2. The topological polar surface area (TPSA) is 55.1 Å². The molecule has 2 aromatic heterocycles. The predicted molar refractivity (Wildman–Crippen MR) is 75.2 cm³/mol. The van der Waals surface area contributed by atoms with Gasteiger partial charge in [0.25, 0.3) is 5.78 Å². The summed E-state index contributed by atoms with van der Waals surface area (Å²) in [5, 5.41) is 7.52. The van der Waals surface area contributed by atoms with Crippen molar-refractivity contribution in [3.05, 3.63) is 46.1 Å². The molecule has 20 heavy (non-hydrogen) atoms. The van der Waals surface area contributed by atoms with Crippen LogP contribution >= 0.6 is 23.2 Å². The second-order valence-electron chi connectivity index (χ2n) is 4.10. The number of hydrogen-bond donors (Lipinski definition) is 1. The van der Waals surface area contributed by atoms with E-state index in [1.165, 1.54) is 23.0 Å². The van der Waals surface area contributed by atoms with Gasteiger partial charge in [-0.25, -0.2) is 4.39 Å². The summed E-state index contributed by atoms with van der Waals surface area (Å²) in [6.07, 6.45) is 1.38. The van der Waals surface area contributed by atoms with Crippen molar-refractivity contribution < 1.29 is 4.39 Å². The lowest BCUT2D eigenvalue weighted by molar-refractivity contribution is 0.628. The molecule has 0 radical (unpaired) electrons. The second kappa shape index (κ2) is 4.88. The minimum Gasteiger partial charge on any atom is -0.340 e. The van der Waals surface area contributed by atoms with Crippen LogP contribution in [0.1, 0.15) is 5.56 Å². The zero-order valence-electron chi connectivity index (χ0n) is 10.2. The van der Waals surface area contributed by atoms with Crippen LogP contribution in [0.4, 0.5) is 15.9 Å². The maximum Gasteiger partial charge on any atom is 0.255 e. The molecule has 0 spiro atoms.